The van der Waals surface area contributed by atoms with Crippen LogP contribution in [-0.4, -0.2) is 41.9 Å². The van der Waals surface area contributed by atoms with Crippen molar-refractivity contribution in [1.29, 1.82) is 0 Å². The maximum atomic E-state index is 10.6. The Morgan fingerprint density at radius 2 is 2.00 bits per heavy atom. The highest BCUT2D eigenvalue weighted by Crippen LogP contribution is 2.35. The van der Waals surface area contributed by atoms with Crippen molar-refractivity contribution in [2.24, 2.45) is 11.1 Å². The number of hydrogen-bond donors (Lipinski definition) is 4. The van der Waals surface area contributed by atoms with Gasteiger partial charge in [-0.15, -0.1) is 0 Å². The Balaban J connectivity index is 2.31. The van der Waals surface area contributed by atoms with Crippen LogP contribution in [0.4, 0.5) is 0 Å². The molecule has 1 fully saturated rings. The molecule has 94 valence electrons. The van der Waals surface area contributed by atoms with E-state index in [-0.39, 0.29) is 18.6 Å². The van der Waals surface area contributed by atoms with Gasteiger partial charge in [0.25, 0.3) is 0 Å². The van der Waals surface area contributed by atoms with Crippen LogP contribution in [0.5, 0.6) is 0 Å². The predicted molar refractivity (Wildman–Crippen MR) is 60.7 cm³/mol. The van der Waals surface area contributed by atoms with Crippen molar-refractivity contribution >= 4 is 5.91 Å². The average Bonchev–Trinajstić information content (AvgIpc) is 2.30. The van der Waals surface area contributed by atoms with E-state index < -0.39 is 12.0 Å². The summed E-state index contributed by atoms with van der Waals surface area (Å²) in [5, 5.41) is 21.7. The van der Waals surface area contributed by atoms with Crippen molar-refractivity contribution in [2.45, 2.75) is 38.2 Å². The third kappa shape index (κ3) is 3.73. The molecular weight excluding hydrogens is 208 g/mol. The van der Waals surface area contributed by atoms with E-state index in [0.717, 1.165) is 25.7 Å². The lowest BCUT2D eigenvalue weighted by atomic mass is 9.74. The lowest BCUT2D eigenvalue weighted by Gasteiger charge is -2.36. The van der Waals surface area contributed by atoms with Crippen LogP contribution >= 0.6 is 0 Å². The monoisotopic (exact) mass is 230 g/mol. The van der Waals surface area contributed by atoms with Crippen LogP contribution in [0.15, 0.2) is 0 Å². The van der Waals surface area contributed by atoms with E-state index in [1.54, 1.807) is 0 Å². The van der Waals surface area contributed by atoms with Gasteiger partial charge < -0.3 is 21.3 Å². The predicted octanol–water partition coefficient (Wildman–Crippen LogP) is -0.635. The summed E-state index contributed by atoms with van der Waals surface area (Å²) < 4.78 is 0. The first-order valence-corrected chi connectivity index (χ1v) is 5.89. The minimum atomic E-state index is -1.14. The summed E-state index contributed by atoms with van der Waals surface area (Å²) in [6, 6.07) is 0. The second-order valence-corrected chi connectivity index (χ2v) is 4.77. The lowest BCUT2D eigenvalue weighted by Crippen LogP contribution is -2.44. The van der Waals surface area contributed by atoms with E-state index in [2.05, 4.69) is 5.32 Å². The molecule has 1 aliphatic carbocycles. The number of aliphatic hydroxyl groups is 2. The Hall–Kier alpha value is -0.650. The minimum absolute atomic E-state index is 0.0738. The quantitative estimate of drug-likeness (QED) is 0.488. The van der Waals surface area contributed by atoms with Crippen molar-refractivity contribution in [2.75, 3.05) is 19.7 Å². The molecule has 0 heterocycles. The Bertz CT molecular complexity index is 227. The Kier molecular flexibility index (Phi) is 5.18. The molecule has 0 aliphatic heterocycles. The third-order valence-electron chi connectivity index (χ3n) is 3.42. The van der Waals surface area contributed by atoms with Gasteiger partial charge in [0.2, 0.25) is 5.91 Å². The fraction of sp³-hybridized carbons (Fsp3) is 0.909. The summed E-state index contributed by atoms with van der Waals surface area (Å²) in [5.41, 5.74) is 4.87. The second-order valence-electron chi connectivity index (χ2n) is 4.77. The Morgan fingerprint density at radius 3 is 2.50 bits per heavy atom. The topological polar surface area (TPSA) is 95.6 Å². The number of nitrogens with one attached hydrogen (secondary N) is 1. The average molecular weight is 230 g/mol. The first-order valence-electron chi connectivity index (χ1n) is 5.89. The molecule has 5 nitrogen and oxygen atoms in total. The smallest absolute Gasteiger partial charge is 0.247 e. The van der Waals surface area contributed by atoms with E-state index >= 15 is 0 Å². The molecule has 0 radical (unpaired) electrons. The molecule has 1 unspecified atom stereocenters. The van der Waals surface area contributed by atoms with Gasteiger partial charge in [-0.25, -0.2) is 0 Å². The van der Waals surface area contributed by atoms with Crippen LogP contribution in [0.2, 0.25) is 0 Å². The molecule has 0 aromatic carbocycles. The van der Waals surface area contributed by atoms with E-state index in [4.69, 9.17) is 5.73 Å². The van der Waals surface area contributed by atoms with Crippen molar-refractivity contribution in [3.05, 3.63) is 0 Å². The molecule has 1 amide bonds. The van der Waals surface area contributed by atoms with Gasteiger partial charge in [0, 0.05) is 25.1 Å². The molecule has 1 atom stereocenters. The fourth-order valence-corrected chi connectivity index (χ4v) is 2.27. The molecule has 5 N–H and O–H groups in total. The molecule has 1 aliphatic rings. The molecule has 5 heteroatoms. The zero-order chi connectivity index (χ0) is 12.0. The highest BCUT2D eigenvalue weighted by Gasteiger charge is 2.31. The number of carbonyl (C=O) groups is 1. The molecule has 1 saturated carbocycles. The van der Waals surface area contributed by atoms with E-state index in [1.807, 2.05) is 0 Å². The largest absolute Gasteiger partial charge is 0.396 e. The normalized spacial score (nSPS) is 21.6. The molecule has 0 aromatic heterocycles. The molecule has 1 rings (SSSR count). The maximum Gasteiger partial charge on any atom is 0.247 e. The highest BCUT2D eigenvalue weighted by atomic mass is 16.3. The number of rotatable bonds is 6. The van der Waals surface area contributed by atoms with Crippen molar-refractivity contribution in [3.8, 4) is 0 Å². The number of hydrogen-bond acceptors (Lipinski definition) is 4. The van der Waals surface area contributed by atoms with Crippen molar-refractivity contribution in [1.82, 2.24) is 5.32 Å². The number of aliphatic hydroxyl groups excluding tert-OH is 2. The second kappa shape index (κ2) is 6.18. The van der Waals surface area contributed by atoms with Gasteiger partial charge in [0.15, 0.2) is 0 Å². The van der Waals surface area contributed by atoms with E-state index in [0.29, 0.717) is 6.54 Å². The minimum Gasteiger partial charge on any atom is -0.396 e. The molecule has 0 bridgehead atoms. The van der Waals surface area contributed by atoms with Crippen LogP contribution < -0.4 is 11.1 Å². The lowest BCUT2D eigenvalue weighted by molar-refractivity contribution is -0.125. The van der Waals surface area contributed by atoms with Gasteiger partial charge in [-0.3, -0.25) is 4.79 Å². The van der Waals surface area contributed by atoms with Gasteiger partial charge in [-0.1, -0.05) is 19.3 Å². The Morgan fingerprint density at radius 1 is 1.38 bits per heavy atom. The summed E-state index contributed by atoms with van der Waals surface area (Å²) in [7, 11) is 0. The van der Waals surface area contributed by atoms with Crippen LogP contribution in [0.3, 0.4) is 0 Å². The van der Waals surface area contributed by atoms with Gasteiger partial charge in [-0.05, 0) is 12.8 Å². The molecule has 16 heavy (non-hydrogen) atoms. The summed E-state index contributed by atoms with van der Waals surface area (Å²) in [6.07, 6.45) is 4.37. The molecule has 0 aromatic rings. The third-order valence-corrected chi connectivity index (χ3v) is 3.42. The van der Waals surface area contributed by atoms with Gasteiger partial charge in [0.1, 0.15) is 6.10 Å². The Labute approximate surface area is 96.0 Å². The van der Waals surface area contributed by atoms with Crippen molar-refractivity contribution < 1.29 is 15.0 Å². The van der Waals surface area contributed by atoms with E-state index in [9.17, 15) is 15.0 Å². The number of carbonyl (C=O) groups excluding carboxylic acids is 1. The van der Waals surface area contributed by atoms with Gasteiger partial charge >= 0.3 is 0 Å². The number of nitrogens with two attached hydrogens (primary N) is 1. The van der Waals surface area contributed by atoms with Gasteiger partial charge in [-0.2, -0.15) is 0 Å². The fourth-order valence-electron chi connectivity index (χ4n) is 2.27. The highest BCUT2D eigenvalue weighted by molar-refractivity contribution is 5.78. The van der Waals surface area contributed by atoms with Crippen molar-refractivity contribution in [3.63, 3.8) is 0 Å². The number of primary amides is 1. The molecule has 0 saturated heterocycles. The maximum absolute atomic E-state index is 10.6. The first kappa shape index (κ1) is 13.4. The van der Waals surface area contributed by atoms with Gasteiger partial charge in [0.05, 0.1) is 0 Å². The molecule has 0 spiro atoms. The zero-order valence-electron chi connectivity index (χ0n) is 9.61. The van der Waals surface area contributed by atoms with E-state index in [1.165, 1.54) is 6.42 Å². The first-order chi connectivity index (χ1) is 7.59. The van der Waals surface area contributed by atoms with Crippen LogP contribution in [0, 0.1) is 5.41 Å². The van der Waals surface area contributed by atoms with Crippen LogP contribution in [0.1, 0.15) is 32.1 Å². The molecular formula is C11H22N2O3. The summed E-state index contributed by atoms with van der Waals surface area (Å²) in [6.45, 7) is 0.956. The van der Waals surface area contributed by atoms with Crippen LogP contribution in [0.25, 0.3) is 0 Å². The summed E-state index contributed by atoms with van der Waals surface area (Å²) in [4.78, 5) is 10.6. The summed E-state index contributed by atoms with van der Waals surface area (Å²) in [5.74, 6) is -0.714. The zero-order valence-corrected chi connectivity index (χ0v) is 9.61. The summed E-state index contributed by atoms with van der Waals surface area (Å²) >= 11 is 0. The standard InChI is InChI=1S/C11H22N2O3/c12-10(16)9(15)6-13-7-11(8-14)4-2-1-3-5-11/h9,13-15H,1-8H2,(H2,12,16). The number of amides is 1. The van der Waals surface area contributed by atoms with Crippen LogP contribution in [-0.2, 0) is 4.79 Å². The SMILES string of the molecule is NC(=O)C(O)CNCC1(CO)CCCCC1.